The van der Waals surface area contributed by atoms with Crippen LogP contribution in [0.15, 0.2) is 53.5 Å². The van der Waals surface area contributed by atoms with Crippen molar-refractivity contribution in [3.63, 3.8) is 0 Å². The van der Waals surface area contributed by atoms with E-state index in [0.29, 0.717) is 11.3 Å². The van der Waals surface area contributed by atoms with Gasteiger partial charge in [0.2, 0.25) is 0 Å². The van der Waals surface area contributed by atoms with Gasteiger partial charge in [0.1, 0.15) is 18.9 Å². The maximum Gasteiger partial charge on any atom is 0.310 e. The van der Waals surface area contributed by atoms with Gasteiger partial charge in [0, 0.05) is 5.56 Å². The summed E-state index contributed by atoms with van der Waals surface area (Å²) < 4.78 is 39.7. The fourth-order valence-electron chi connectivity index (χ4n) is 2.64. The van der Waals surface area contributed by atoms with Crippen molar-refractivity contribution in [3.05, 3.63) is 65.2 Å². The van der Waals surface area contributed by atoms with Gasteiger partial charge in [-0.1, -0.05) is 24.3 Å². The molecule has 1 heterocycles. The SMILES string of the molecule is C[C@]1(c2cccc(OCc3ccc(C#N)cc3)c2)OC(N)=NCC1(F)F. The average molecular weight is 357 g/mol. The van der Waals surface area contributed by atoms with E-state index in [9.17, 15) is 8.78 Å². The van der Waals surface area contributed by atoms with Crippen molar-refractivity contribution < 1.29 is 18.3 Å². The average Bonchev–Trinajstić information content (AvgIpc) is 2.64. The molecule has 7 heteroatoms. The minimum Gasteiger partial charge on any atom is -0.489 e. The van der Waals surface area contributed by atoms with Gasteiger partial charge in [-0.25, -0.2) is 4.99 Å². The van der Waals surface area contributed by atoms with E-state index in [1.165, 1.54) is 13.0 Å². The zero-order chi connectivity index (χ0) is 18.8. The third-order valence-electron chi connectivity index (χ3n) is 4.31. The molecule has 0 aromatic heterocycles. The molecule has 0 aliphatic carbocycles. The Balaban J connectivity index is 1.79. The Morgan fingerprint density at radius 2 is 2.00 bits per heavy atom. The van der Waals surface area contributed by atoms with Gasteiger partial charge in [-0.2, -0.15) is 14.0 Å². The molecule has 2 aromatic carbocycles. The van der Waals surface area contributed by atoms with Crippen LogP contribution in [0.4, 0.5) is 8.78 Å². The minimum atomic E-state index is -3.21. The van der Waals surface area contributed by atoms with Crippen molar-refractivity contribution in [3.8, 4) is 11.8 Å². The number of hydrogen-bond acceptors (Lipinski definition) is 5. The minimum absolute atomic E-state index is 0.243. The monoisotopic (exact) mass is 357 g/mol. The third kappa shape index (κ3) is 3.31. The van der Waals surface area contributed by atoms with Crippen molar-refractivity contribution in [1.82, 2.24) is 0 Å². The molecule has 134 valence electrons. The fraction of sp³-hybridized carbons (Fsp3) is 0.263. The first-order chi connectivity index (χ1) is 12.3. The van der Waals surface area contributed by atoms with Crippen LogP contribution in [-0.2, 0) is 16.9 Å². The lowest BCUT2D eigenvalue weighted by atomic mass is 9.88. The summed E-state index contributed by atoms with van der Waals surface area (Å²) >= 11 is 0. The lowest BCUT2D eigenvalue weighted by Crippen LogP contribution is -2.53. The van der Waals surface area contributed by atoms with Crippen LogP contribution in [0.1, 0.15) is 23.6 Å². The smallest absolute Gasteiger partial charge is 0.310 e. The molecule has 3 rings (SSSR count). The van der Waals surface area contributed by atoms with Crippen LogP contribution in [-0.4, -0.2) is 18.5 Å². The zero-order valence-corrected chi connectivity index (χ0v) is 14.1. The highest BCUT2D eigenvalue weighted by Crippen LogP contribution is 2.43. The van der Waals surface area contributed by atoms with Crippen LogP contribution in [0.5, 0.6) is 5.75 Å². The fourth-order valence-corrected chi connectivity index (χ4v) is 2.64. The quantitative estimate of drug-likeness (QED) is 0.910. The molecule has 0 fully saturated rings. The van der Waals surface area contributed by atoms with Gasteiger partial charge in [0.05, 0.1) is 11.6 Å². The second kappa shape index (κ2) is 6.64. The van der Waals surface area contributed by atoms with E-state index in [1.54, 1.807) is 42.5 Å². The van der Waals surface area contributed by atoms with Gasteiger partial charge in [-0.05, 0) is 36.8 Å². The molecule has 1 atom stereocenters. The lowest BCUT2D eigenvalue weighted by molar-refractivity contribution is -0.172. The molecule has 5 nitrogen and oxygen atoms in total. The number of amidine groups is 1. The molecule has 0 radical (unpaired) electrons. The molecule has 1 aliphatic heterocycles. The highest BCUT2D eigenvalue weighted by atomic mass is 19.3. The van der Waals surface area contributed by atoms with Crippen LogP contribution >= 0.6 is 0 Å². The van der Waals surface area contributed by atoms with E-state index >= 15 is 0 Å². The number of nitriles is 1. The Morgan fingerprint density at radius 1 is 1.27 bits per heavy atom. The molecule has 2 aromatic rings. The van der Waals surface area contributed by atoms with Gasteiger partial charge in [0.15, 0.2) is 5.60 Å². The van der Waals surface area contributed by atoms with Crippen molar-refractivity contribution in [2.45, 2.75) is 25.1 Å². The molecule has 1 aliphatic rings. The molecule has 2 N–H and O–H groups in total. The van der Waals surface area contributed by atoms with E-state index in [0.717, 1.165) is 5.56 Å². The number of ether oxygens (including phenoxy) is 2. The Morgan fingerprint density at radius 3 is 2.69 bits per heavy atom. The summed E-state index contributed by atoms with van der Waals surface area (Å²) in [5, 5.41) is 8.80. The molecule has 0 unspecified atom stereocenters. The summed E-state index contributed by atoms with van der Waals surface area (Å²) in [4.78, 5) is 3.48. The van der Waals surface area contributed by atoms with Crippen molar-refractivity contribution >= 4 is 6.02 Å². The zero-order valence-electron chi connectivity index (χ0n) is 14.1. The Hall–Kier alpha value is -3.14. The summed E-state index contributed by atoms with van der Waals surface area (Å²) in [7, 11) is 0. The number of rotatable bonds is 4. The predicted octanol–water partition coefficient (Wildman–Crippen LogP) is 3.33. The predicted molar refractivity (Wildman–Crippen MR) is 91.8 cm³/mol. The van der Waals surface area contributed by atoms with E-state index in [4.69, 9.17) is 20.5 Å². The Bertz CT molecular complexity index is 875. The number of halogens is 2. The first-order valence-electron chi connectivity index (χ1n) is 7.93. The van der Waals surface area contributed by atoms with Crippen molar-refractivity contribution in [2.24, 2.45) is 10.7 Å². The standard InChI is InChI=1S/C19H17F2N3O2/c1-18(19(20,21)12-24-17(23)26-18)15-3-2-4-16(9-15)25-11-14-7-5-13(10-22)6-8-14/h2-9H,11-12H2,1H3,(H2,23,24)/t18-/m1/s1. The number of hydrogen-bond donors (Lipinski definition) is 1. The van der Waals surface area contributed by atoms with Crippen LogP contribution in [0, 0.1) is 11.3 Å². The number of alkyl halides is 2. The van der Waals surface area contributed by atoms with Crippen LogP contribution in [0.2, 0.25) is 0 Å². The molecule has 0 spiro atoms. The summed E-state index contributed by atoms with van der Waals surface area (Å²) in [6.45, 7) is 0.798. The van der Waals surface area contributed by atoms with E-state index in [-0.39, 0.29) is 18.2 Å². The van der Waals surface area contributed by atoms with Crippen molar-refractivity contribution in [2.75, 3.05) is 6.54 Å². The maximum absolute atomic E-state index is 14.4. The highest BCUT2D eigenvalue weighted by molar-refractivity contribution is 5.73. The molecule has 0 bridgehead atoms. The Kier molecular flexibility index (Phi) is 4.51. The summed E-state index contributed by atoms with van der Waals surface area (Å²) in [6.07, 6.45) is 0. The van der Waals surface area contributed by atoms with Crippen molar-refractivity contribution in [1.29, 1.82) is 5.26 Å². The first kappa shape index (κ1) is 17.7. The molecular formula is C19H17F2N3O2. The van der Waals surface area contributed by atoms with Gasteiger partial charge in [-0.15, -0.1) is 0 Å². The van der Waals surface area contributed by atoms with Crippen LogP contribution in [0.25, 0.3) is 0 Å². The second-order valence-electron chi connectivity index (χ2n) is 6.12. The Labute approximate surface area is 149 Å². The summed E-state index contributed by atoms with van der Waals surface area (Å²) in [5.41, 5.74) is 5.24. The number of aliphatic imine (C=N–C) groups is 1. The second-order valence-corrected chi connectivity index (χ2v) is 6.12. The van der Waals surface area contributed by atoms with Crippen LogP contribution in [0.3, 0.4) is 0 Å². The van der Waals surface area contributed by atoms with E-state index in [2.05, 4.69) is 4.99 Å². The third-order valence-corrected chi connectivity index (χ3v) is 4.31. The number of nitrogens with two attached hydrogens (primary N) is 1. The first-order valence-corrected chi connectivity index (χ1v) is 7.93. The maximum atomic E-state index is 14.4. The van der Waals surface area contributed by atoms with Gasteiger partial charge >= 0.3 is 5.92 Å². The normalized spacial score (nSPS) is 21.2. The molecule has 0 saturated carbocycles. The summed E-state index contributed by atoms with van der Waals surface area (Å²) in [5.74, 6) is -2.78. The molecule has 0 amide bonds. The lowest BCUT2D eigenvalue weighted by Gasteiger charge is -2.39. The summed E-state index contributed by atoms with van der Waals surface area (Å²) in [6, 6.07) is 15.1. The van der Waals surface area contributed by atoms with E-state index < -0.39 is 18.1 Å². The van der Waals surface area contributed by atoms with Gasteiger partial charge in [-0.3, -0.25) is 0 Å². The topological polar surface area (TPSA) is 80.6 Å². The van der Waals surface area contributed by atoms with Gasteiger partial charge in [0.25, 0.3) is 6.02 Å². The molecule has 0 saturated heterocycles. The number of nitrogens with zero attached hydrogens (tertiary/aromatic N) is 2. The molecular weight excluding hydrogens is 340 g/mol. The highest BCUT2D eigenvalue weighted by Gasteiger charge is 2.56. The number of benzene rings is 2. The van der Waals surface area contributed by atoms with Crippen LogP contribution < -0.4 is 10.5 Å². The van der Waals surface area contributed by atoms with E-state index in [1.807, 2.05) is 6.07 Å². The molecule has 26 heavy (non-hydrogen) atoms. The van der Waals surface area contributed by atoms with Gasteiger partial charge < -0.3 is 15.2 Å². The largest absolute Gasteiger partial charge is 0.489 e.